The minimum absolute atomic E-state index is 0.230. The molecule has 0 aliphatic carbocycles. The average Bonchev–Trinajstić information content (AvgIpc) is 3.00. The molecule has 0 amide bonds. The van der Waals surface area contributed by atoms with Gasteiger partial charge >= 0.3 is 10.4 Å². The van der Waals surface area contributed by atoms with Crippen LogP contribution in [0.5, 0.6) is 0 Å². The van der Waals surface area contributed by atoms with E-state index in [9.17, 15) is 10.2 Å². The fraction of sp³-hybridized carbons (Fsp3) is 0.636. The number of rotatable bonds is 2. The lowest BCUT2D eigenvalue weighted by Crippen LogP contribution is -2.24. The number of ether oxygens (including phenoxy) is 1. The molecule has 4 atom stereocenters. The second-order valence-corrected chi connectivity index (χ2v) is 6.00. The Bertz CT molecular complexity index is 682. The molecule has 0 bridgehead atoms. The van der Waals surface area contributed by atoms with E-state index in [1.54, 1.807) is 10.9 Å². The van der Waals surface area contributed by atoms with Crippen molar-refractivity contribution in [2.45, 2.75) is 31.0 Å². The third kappa shape index (κ3) is 4.70. The van der Waals surface area contributed by atoms with Crippen LogP contribution in [0.1, 0.15) is 24.4 Å². The van der Waals surface area contributed by atoms with Gasteiger partial charge in [-0.15, -0.1) is 0 Å². The van der Waals surface area contributed by atoms with Gasteiger partial charge in [-0.2, -0.15) is 8.42 Å². The van der Waals surface area contributed by atoms with Gasteiger partial charge in [0, 0.05) is 6.42 Å². The van der Waals surface area contributed by atoms with Crippen LogP contribution in [0.3, 0.4) is 0 Å². The fourth-order valence-electron chi connectivity index (χ4n) is 2.38. The number of nitrogens with zero attached hydrogens (tertiary/aromatic N) is 3. The topological polar surface area (TPSA) is 187 Å². The zero-order valence-corrected chi connectivity index (χ0v) is 13.1. The van der Waals surface area contributed by atoms with Crippen LogP contribution in [-0.2, 0) is 15.1 Å². The van der Waals surface area contributed by atoms with Gasteiger partial charge in [0.25, 0.3) is 0 Å². The van der Waals surface area contributed by atoms with Gasteiger partial charge < -0.3 is 25.4 Å². The maximum atomic E-state index is 9.89. The van der Waals surface area contributed by atoms with Crippen LogP contribution < -0.4 is 5.32 Å². The molecule has 0 spiro atoms. The number of hydrogen-bond acceptors (Lipinski definition) is 9. The van der Waals surface area contributed by atoms with Crippen molar-refractivity contribution in [1.29, 1.82) is 0 Å². The Kier molecular flexibility index (Phi) is 5.87. The molecular formula is C11H18N4O8S. The Hall–Kier alpha value is -1.61. The Morgan fingerprint density at radius 1 is 1.38 bits per heavy atom. The zero-order valence-electron chi connectivity index (χ0n) is 12.3. The highest BCUT2D eigenvalue weighted by Crippen LogP contribution is 2.34. The summed E-state index contributed by atoms with van der Waals surface area (Å²) in [6.07, 6.45) is 0.935. The third-order valence-corrected chi connectivity index (χ3v) is 3.40. The summed E-state index contributed by atoms with van der Waals surface area (Å²) in [5.41, 5.74) is 0.503. The van der Waals surface area contributed by atoms with Gasteiger partial charge in [-0.05, 0) is 0 Å². The third-order valence-electron chi connectivity index (χ3n) is 3.40. The quantitative estimate of drug-likeness (QED) is 0.331. The van der Waals surface area contributed by atoms with Gasteiger partial charge in [-0.3, -0.25) is 18.7 Å². The van der Waals surface area contributed by atoms with E-state index in [1.807, 2.05) is 0 Å². The van der Waals surface area contributed by atoms with Gasteiger partial charge in [-0.25, -0.2) is 4.98 Å². The number of imidazole rings is 1. The summed E-state index contributed by atoms with van der Waals surface area (Å²) in [5, 5.41) is 31.7. The smallest absolute Gasteiger partial charge is 0.394 e. The van der Waals surface area contributed by atoms with E-state index in [-0.39, 0.29) is 13.2 Å². The summed E-state index contributed by atoms with van der Waals surface area (Å²) in [5.74, 6) is 0.601. The van der Waals surface area contributed by atoms with Crippen LogP contribution >= 0.6 is 0 Å². The molecule has 0 saturated carbocycles. The van der Waals surface area contributed by atoms with Crippen LogP contribution in [0, 0.1) is 0 Å². The number of nitrogens with one attached hydrogen (secondary N) is 1. The summed E-state index contributed by atoms with van der Waals surface area (Å²) in [4.78, 5) is 8.15. The lowest BCUT2D eigenvalue weighted by Gasteiger charge is -2.16. The van der Waals surface area contributed by atoms with E-state index in [2.05, 4.69) is 15.3 Å². The summed E-state index contributed by atoms with van der Waals surface area (Å²) < 4.78 is 38.9. The van der Waals surface area contributed by atoms with Crippen molar-refractivity contribution in [2.24, 2.45) is 4.99 Å². The van der Waals surface area contributed by atoms with Crippen molar-refractivity contribution >= 4 is 22.6 Å². The molecular weight excluding hydrogens is 348 g/mol. The first kappa shape index (κ1) is 18.7. The largest absolute Gasteiger partial charge is 0.394 e. The minimum atomic E-state index is -4.67. The molecule has 12 nitrogen and oxygen atoms in total. The van der Waals surface area contributed by atoms with E-state index >= 15 is 0 Å². The SMILES string of the molecule is O=S(=O)(O)O.OC[C@H]1O[C@@H](n2cnc3c2NC=NC[C@H]3O)C[C@@H]1O. The predicted octanol–water partition coefficient (Wildman–Crippen LogP) is -1.64. The van der Waals surface area contributed by atoms with Gasteiger partial charge in [0.1, 0.15) is 29.9 Å². The highest BCUT2D eigenvalue weighted by Gasteiger charge is 2.36. The van der Waals surface area contributed by atoms with Crippen LogP contribution in [0.25, 0.3) is 0 Å². The number of fused-ring (bicyclic) bond motifs is 1. The van der Waals surface area contributed by atoms with Gasteiger partial charge in [0.05, 0.1) is 31.9 Å². The average molecular weight is 366 g/mol. The molecule has 0 aromatic carbocycles. The maximum Gasteiger partial charge on any atom is 0.394 e. The number of hydrogen-bond donors (Lipinski definition) is 6. The molecule has 13 heteroatoms. The van der Waals surface area contributed by atoms with Gasteiger partial charge in [0.15, 0.2) is 0 Å². The number of aliphatic imine (C=N–C) groups is 1. The number of anilines is 1. The van der Waals surface area contributed by atoms with Gasteiger partial charge in [-0.1, -0.05) is 0 Å². The Morgan fingerprint density at radius 3 is 2.62 bits per heavy atom. The second kappa shape index (κ2) is 7.52. The van der Waals surface area contributed by atoms with Crippen molar-refractivity contribution in [1.82, 2.24) is 9.55 Å². The summed E-state index contributed by atoms with van der Waals surface area (Å²) in [6, 6.07) is 0. The van der Waals surface area contributed by atoms with E-state index in [1.165, 1.54) is 6.34 Å². The molecule has 1 saturated heterocycles. The Morgan fingerprint density at radius 2 is 2.04 bits per heavy atom. The molecule has 0 unspecified atom stereocenters. The lowest BCUT2D eigenvalue weighted by molar-refractivity contribution is -0.0437. The van der Waals surface area contributed by atoms with Crippen molar-refractivity contribution in [3.8, 4) is 0 Å². The maximum absolute atomic E-state index is 9.89. The first-order valence-electron chi connectivity index (χ1n) is 6.84. The minimum Gasteiger partial charge on any atom is -0.394 e. The Labute approximate surface area is 137 Å². The standard InChI is InChI=1S/C11H16N4O4.H2O4S/c16-3-8-6(17)1-9(19-8)15-5-14-10-7(18)2-12-4-13-11(10)15;1-5(2,3)4/h4-9,16-18H,1-3H2,(H,12,13);(H2,1,2,3,4)/t6-,7+,8+,9+;/m0./s1. The highest BCUT2D eigenvalue weighted by atomic mass is 32.3. The fourth-order valence-corrected chi connectivity index (χ4v) is 2.38. The molecule has 2 aliphatic rings. The van der Waals surface area contributed by atoms with E-state index in [0.29, 0.717) is 17.9 Å². The van der Waals surface area contributed by atoms with Crippen LogP contribution in [0.15, 0.2) is 11.3 Å². The molecule has 1 aromatic heterocycles. The number of aliphatic hydroxyl groups is 3. The first-order chi connectivity index (χ1) is 11.2. The molecule has 136 valence electrons. The molecule has 0 radical (unpaired) electrons. The number of aromatic nitrogens is 2. The van der Waals surface area contributed by atoms with E-state index in [0.717, 1.165) is 0 Å². The zero-order chi connectivity index (χ0) is 17.9. The number of aliphatic hydroxyl groups excluding tert-OH is 3. The molecule has 1 fully saturated rings. The molecule has 24 heavy (non-hydrogen) atoms. The van der Waals surface area contributed by atoms with E-state index < -0.39 is 34.9 Å². The van der Waals surface area contributed by atoms with E-state index in [4.69, 9.17) is 27.4 Å². The van der Waals surface area contributed by atoms with Crippen LogP contribution in [0.4, 0.5) is 5.82 Å². The monoisotopic (exact) mass is 366 g/mol. The van der Waals surface area contributed by atoms with Crippen molar-refractivity contribution in [2.75, 3.05) is 18.5 Å². The second-order valence-electron chi connectivity index (χ2n) is 5.10. The lowest BCUT2D eigenvalue weighted by atomic mass is 10.2. The summed E-state index contributed by atoms with van der Waals surface area (Å²) in [6.45, 7) is 0.0243. The highest BCUT2D eigenvalue weighted by molar-refractivity contribution is 7.79. The van der Waals surface area contributed by atoms with Crippen LogP contribution in [0.2, 0.25) is 0 Å². The van der Waals surface area contributed by atoms with Crippen molar-refractivity contribution < 1.29 is 37.6 Å². The predicted molar refractivity (Wildman–Crippen MR) is 80.0 cm³/mol. The van der Waals surface area contributed by atoms with Gasteiger partial charge in [0.2, 0.25) is 0 Å². The summed E-state index contributed by atoms with van der Waals surface area (Å²) >= 11 is 0. The normalized spacial score (nSPS) is 29.2. The molecule has 2 aliphatic heterocycles. The van der Waals surface area contributed by atoms with Crippen molar-refractivity contribution in [3.05, 3.63) is 12.0 Å². The molecule has 3 rings (SSSR count). The van der Waals surface area contributed by atoms with Crippen LogP contribution in [-0.4, -0.2) is 74.1 Å². The van der Waals surface area contributed by atoms with Crippen molar-refractivity contribution in [3.63, 3.8) is 0 Å². The molecule has 1 aromatic rings. The molecule has 6 N–H and O–H groups in total. The summed E-state index contributed by atoms with van der Waals surface area (Å²) in [7, 11) is -4.67. The Balaban J connectivity index is 0.000000368. The first-order valence-corrected chi connectivity index (χ1v) is 8.24. The molecule has 3 heterocycles.